The lowest BCUT2D eigenvalue weighted by molar-refractivity contribution is 0.280. The second-order valence-electron chi connectivity index (χ2n) is 4.02. The Kier molecular flexibility index (Phi) is 3.78. The van der Waals surface area contributed by atoms with Crippen LogP contribution in [0.3, 0.4) is 0 Å². The first-order chi connectivity index (χ1) is 8.29. The summed E-state index contributed by atoms with van der Waals surface area (Å²) in [4.78, 5) is 0. The van der Waals surface area contributed by atoms with E-state index in [1.807, 2.05) is 55.5 Å². The van der Waals surface area contributed by atoms with Crippen LogP contribution in [-0.4, -0.2) is 5.11 Å². The van der Waals surface area contributed by atoms with Gasteiger partial charge in [-0.3, -0.25) is 0 Å². The molecule has 0 unspecified atom stereocenters. The molecule has 0 atom stereocenters. The van der Waals surface area contributed by atoms with Gasteiger partial charge in [0.15, 0.2) is 0 Å². The smallest absolute Gasteiger partial charge is 0.120 e. The lowest BCUT2D eigenvalue weighted by Crippen LogP contribution is -1.96. The Balaban J connectivity index is 2.02. The summed E-state index contributed by atoms with van der Waals surface area (Å²) in [6, 6.07) is 15.8. The first kappa shape index (κ1) is 11.7. The van der Waals surface area contributed by atoms with E-state index in [1.54, 1.807) is 0 Å². The van der Waals surface area contributed by atoms with Crippen molar-refractivity contribution in [1.29, 1.82) is 0 Å². The van der Waals surface area contributed by atoms with Gasteiger partial charge in [0.05, 0.1) is 6.61 Å². The molecule has 0 aliphatic heterocycles. The van der Waals surface area contributed by atoms with Gasteiger partial charge in [-0.25, -0.2) is 0 Å². The van der Waals surface area contributed by atoms with Crippen LogP contribution in [0.1, 0.15) is 16.7 Å². The molecule has 0 aliphatic carbocycles. The Bertz CT molecular complexity index is 478. The predicted molar refractivity (Wildman–Crippen MR) is 67.9 cm³/mol. The van der Waals surface area contributed by atoms with Gasteiger partial charge in [0.25, 0.3) is 0 Å². The van der Waals surface area contributed by atoms with Crippen LogP contribution < -0.4 is 4.74 Å². The summed E-state index contributed by atoms with van der Waals surface area (Å²) < 4.78 is 5.69. The minimum absolute atomic E-state index is 0.0742. The second-order valence-corrected chi connectivity index (χ2v) is 4.02. The van der Waals surface area contributed by atoms with Crippen molar-refractivity contribution >= 4 is 0 Å². The average molecular weight is 230 g/mol. The van der Waals surface area contributed by atoms with Crippen LogP contribution in [0.4, 0.5) is 0 Å². The topological polar surface area (TPSA) is 29.5 Å². The third-order valence-electron chi connectivity index (χ3n) is 2.73. The zero-order chi connectivity index (χ0) is 12.1. The molecule has 17 heavy (non-hydrogen) atoms. The van der Waals surface area contributed by atoms with Gasteiger partial charge in [-0.05, 0) is 35.7 Å². The third kappa shape index (κ3) is 3.08. The molecule has 0 fully saturated rings. The summed E-state index contributed by atoms with van der Waals surface area (Å²) in [5.41, 5.74) is 3.14. The van der Waals surface area contributed by atoms with Crippen molar-refractivity contribution in [3.63, 3.8) is 0 Å². The number of rotatable bonds is 4. The molecule has 0 spiro atoms. The minimum Gasteiger partial charge on any atom is -0.489 e. The van der Waals surface area contributed by atoms with E-state index in [0.29, 0.717) is 6.61 Å². The quantitative estimate of drug-likeness (QED) is 0.874. The SMILES string of the molecule is Cc1cc(OCc2ccccc2)ccc1[14CH2]O. The van der Waals surface area contributed by atoms with Crippen LogP contribution in [0.15, 0.2) is 48.5 Å². The number of ether oxygens (including phenoxy) is 1. The molecule has 88 valence electrons. The summed E-state index contributed by atoms with van der Waals surface area (Å²) in [6.07, 6.45) is 0. The lowest BCUT2D eigenvalue weighted by atomic mass is 10.2. The van der Waals surface area contributed by atoms with Crippen LogP contribution >= 0.6 is 0 Å². The summed E-state index contributed by atoms with van der Waals surface area (Å²) in [7, 11) is 0. The summed E-state index contributed by atoms with van der Waals surface area (Å²) in [6.45, 7) is 2.62. The summed E-state index contributed by atoms with van der Waals surface area (Å²) >= 11 is 0. The molecule has 1 N–H and O–H groups in total. The standard InChI is InChI=1S/C15H16O2/c1-12-9-15(8-7-14(12)10-16)17-11-13-5-3-2-4-6-13/h2-9,16H,10-11H2,1H3/i10+2. The largest absolute Gasteiger partial charge is 0.489 e. The molecular weight excluding hydrogens is 214 g/mol. The molecule has 0 saturated carbocycles. The van der Waals surface area contributed by atoms with E-state index in [9.17, 15) is 0 Å². The van der Waals surface area contributed by atoms with Gasteiger partial charge in [0.2, 0.25) is 0 Å². The van der Waals surface area contributed by atoms with E-state index in [0.717, 1.165) is 22.4 Å². The highest BCUT2D eigenvalue weighted by molar-refractivity contribution is 5.34. The van der Waals surface area contributed by atoms with Crippen molar-refractivity contribution < 1.29 is 9.84 Å². The van der Waals surface area contributed by atoms with Gasteiger partial charge in [-0.1, -0.05) is 36.4 Å². The number of benzene rings is 2. The molecule has 2 heteroatoms. The Morgan fingerprint density at radius 1 is 1.12 bits per heavy atom. The Hall–Kier alpha value is -1.80. The lowest BCUT2D eigenvalue weighted by Gasteiger charge is -2.09. The van der Waals surface area contributed by atoms with Crippen molar-refractivity contribution in [3.8, 4) is 5.75 Å². The minimum atomic E-state index is 0.0742. The first-order valence-corrected chi connectivity index (χ1v) is 5.66. The van der Waals surface area contributed by atoms with Gasteiger partial charge < -0.3 is 9.84 Å². The predicted octanol–water partition coefficient (Wildman–Crippen LogP) is 3.07. The molecule has 2 nitrogen and oxygen atoms in total. The van der Waals surface area contributed by atoms with Gasteiger partial charge >= 0.3 is 0 Å². The monoisotopic (exact) mass is 230 g/mol. The molecule has 0 aliphatic rings. The fourth-order valence-electron chi connectivity index (χ4n) is 1.68. The fraction of sp³-hybridized carbons (Fsp3) is 0.200. The van der Waals surface area contributed by atoms with Crippen LogP contribution in [-0.2, 0) is 13.2 Å². The molecule has 0 bridgehead atoms. The maximum atomic E-state index is 9.08. The second kappa shape index (κ2) is 5.51. The fourth-order valence-corrected chi connectivity index (χ4v) is 1.68. The van der Waals surface area contributed by atoms with Crippen molar-refractivity contribution in [3.05, 3.63) is 65.2 Å². The van der Waals surface area contributed by atoms with E-state index in [2.05, 4.69) is 0 Å². The molecule has 0 saturated heterocycles. The molecule has 0 aromatic heterocycles. The van der Waals surface area contributed by atoms with Crippen LogP contribution in [0.25, 0.3) is 0 Å². The van der Waals surface area contributed by atoms with E-state index in [-0.39, 0.29) is 6.61 Å². The van der Waals surface area contributed by atoms with Crippen LogP contribution in [0, 0.1) is 6.92 Å². The summed E-state index contributed by atoms with van der Waals surface area (Å²) in [5, 5.41) is 9.08. The molecule has 2 rings (SSSR count). The molecule has 0 radical (unpaired) electrons. The molecule has 2 aromatic rings. The maximum absolute atomic E-state index is 9.08. The van der Waals surface area contributed by atoms with Gasteiger partial charge in [-0.2, -0.15) is 0 Å². The zero-order valence-corrected chi connectivity index (χ0v) is 9.89. The van der Waals surface area contributed by atoms with Crippen molar-refractivity contribution in [2.75, 3.05) is 0 Å². The molecule has 2 aromatic carbocycles. The Morgan fingerprint density at radius 3 is 2.53 bits per heavy atom. The number of hydrogen-bond donors (Lipinski definition) is 1. The highest BCUT2D eigenvalue weighted by Crippen LogP contribution is 2.18. The molecular formula is C15H16O2. The summed E-state index contributed by atoms with van der Waals surface area (Å²) in [5.74, 6) is 0.837. The number of aliphatic hydroxyl groups is 1. The number of aliphatic hydroxyl groups excluding tert-OH is 1. The Labute approximate surface area is 101 Å². The zero-order valence-electron chi connectivity index (χ0n) is 9.89. The normalized spacial score (nSPS) is 10.2. The van der Waals surface area contributed by atoms with Crippen LogP contribution in [0.5, 0.6) is 5.75 Å². The maximum Gasteiger partial charge on any atom is 0.120 e. The van der Waals surface area contributed by atoms with E-state index >= 15 is 0 Å². The Morgan fingerprint density at radius 2 is 1.88 bits per heavy atom. The van der Waals surface area contributed by atoms with E-state index in [4.69, 9.17) is 9.84 Å². The van der Waals surface area contributed by atoms with Gasteiger partial charge in [0, 0.05) is 0 Å². The van der Waals surface area contributed by atoms with Crippen molar-refractivity contribution in [1.82, 2.24) is 0 Å². The molecule has 0 amide bonds. The van der Waals surface area contributed by atoms with E-state index in [1.165, 1.54) is 0 Å². The van der Waals surface area contributed by atoms with Gasteiger partial charge in [0.1, 0.15) is 12.4 Å². The highest BCUT2D eigenvalue weighted by atomic mass is 16.5. The third-order valence-corrected chi connectivity index (χ3v) is 2.73. The first-order valence-electron chi connectivity index (χ1n) is 5.66. The van der Waals surface area contributed by atoms with E-state index < -0.39 is 0 Å². The highest BCUT2D eigenvalue weighted by Gasteiger charge is 2.00. The van der Waals surface area contributed by atoms with Gasteiger partial charge in [-0.15, -0.1) is 0 Å². The molecule has 0 heterocycles. The van der Waals surface area contributed by atoms with Crippen molar-refractivity contribution in [2.45, 2.75) is 20.1 Å². The van der Waals surface area contributed by atoms with Crippen molar-refractivity contribution in [2.24, 2.45) is 0 Å². The number of hydrogen-bond acceptors (Lipinski definition) is 2. The number of aryl methyl sites for hydroxylation is 1. The van der Waals surface area contributed by atoms with Crippen LogP contribution in [0.2, 0.25) is 0 Å². The average Bonchev–Trinajstić information content (AvgIpc) is 2.38.